The molecule has 0 aromatic heterocycles. The number of hydrazone groups is 1. The molecule has 4 heteroatoms. The van der Waals surface area contributed by atoms with Crippen molar-refractivity contribution in [2.75, 3.05) is 6.61 Å². The molecule has 2 aromatic rings. The summed E-state index contributed by atoms with van der Waals surface area (Å²) in [5.41, 5.74) is 7.92. The Morgan fingerprint density at radius 3 is 2.42 bits per heavy atom. The van der Waals surface area contributed by atoms with Crippen LogP contribution in [-0.4, -0.2) is 18.7 Å². The summed E-state index contributed by atoms with van der Waals surface area (Å²) in [6.45, 7) is 8.04. The molecule has 4 nitrogen and oxygen atoms in total. The zero-order chi connectivity index (χ0) is 17.5. The Labute approximate surface area is 143 Å². The summed E-state index contributed by atoms with van der Waals surface area (Å²) in [6, 6.07) is 12.1. The summed E-state index contributed by atoms with van der Waals surface area (Å²) in [4.78, 5) is 11.9. The summed E-state index contributed by atoms with van der Waals surface area (Å²) >= 11 is 0. The third-order valence-electron chi connectivity index (χ3n) is 4.01. The van der Waals surface area contributed by atoms with Crippen molar-refractivity contribution in [1.29, 1.82) is 0 Å². The third kappa shape index (κ3) is 4.69. The molecule has 0 fully saturated rings. The van der Waals surface area contributed by atoms with Crippen molar-refractivity contribution in [3.63, 3.8) is 0 Å². The highest BCUT2D eigenvalue weighted by Gasteiger charge is 2.08. The van der Waals surface area contributed by atoms with E-state index in [1.165, 1.54) is 5.56 Å². The lowest BCUT2D eigenvalue weighted by Gasteiger charge is -2.13. The molecule has 1 N–H and O–H groups in total. The molecule has 0 atom stereocenters. The van der Waals surface area contributed by atoms with E-state index in [0.717, 1.165) is 34.4 Å². The van der Waals surface area contributed by atoms with Crippen molar-refractivity contribution in [1.82, 2.24) is 5.43 Å². The van der Waals surface area contributed by atoms with Gasteiger partial charge < -0.3 is 4.74 Å². The molecular formula is C20H24N2O2. The zero-order valence-corrected chi connectivity index (χ0v) is 14.7. The van der Waals surface area contributed by atoms with Crippen molar-refractivity contribution in [2.45, 2.75) is 34.1 Å². The van der Waals surface area contributed by atoms with Gasteiger partial charge in [-0.3, -0.25) is 4.79 Å². The lowest BCUT2D eigenvalue weighted by atomic mass is 10.1. The Bertz CT molecular complexity index is 734. The van der Waals surface area contributed by atoms with E-state index < -0.39 is 0 Å². The molecule has 0 radical (unpaired) electrons. The number of rotatable bonds is 6. The van der Waals surface area contributed by atoms with Gasteiger partial charge in [0.2, 0.25) is 0 Å². The monoisotopic (exact) mass is 324 g/mol. The Hall–Kier alpha value is -2.62. The first-order valence-corrected chi connectivity index (χ1v) is 8.11. The van der Waals surface area contributed by atoms with Crippen LogP contribution in [0.3, 0.4) is 0 Å². The van der Waals surface area contributed by atoms with Crippen LogP contribution in [0.4, 0.5) is 0 Å². The van der Waals surface area contributed by atoms with Gasteiger partial charge in [0, 0.05) is 0 Å². The number of carbonyl (C=O) groups is 1. The maximum Gasteiger partial charge on any atom is 0.277 e. The predicted octanol–water partition coefficient (Wildman–Crippen LogP) is 3.70. The van der Waals surface area contributed by atoms with Crippen LogP contribution < -0.4 is 10.2 Å². The van der Waals surface area contributed by atoms with Crippen molar-refractivity contribution in [3.05, 3.63) is 64.2 Å². The van der Waals surface area contributed by atoms with E-state index in [2.05, 4.69) is 29.6 Å². The molecule has 0 saturated heterocycles. The number of benzene rings is 2. The van der Waals surface area contributed by atoms with Crippen molar-refractivity contribution in [3.8, 4) is 5.75 Å². The standard InChI is InChI=1S/C20H24N2O2/c1-5-17-8-10-18(11-9-17)12-21-22-19(23)13-24-20-15(3)7-6-14(2)16(20)4/h6-12H,5,13H2,1-4H3,(H,22,23)/b21-12+. The van der Waals surface area contributed by atoms with Gasteiger partial charge in [-0.15, -0.1) is 0 Å². The molecule has 0 saturated carbocycles. The quantitative estimate of drug-likeness (QED) is 0.650. The van der Waals surface area contributed by atoms with Crippen LogP contribution in [0.5, 0.6) is 5.75 Å². The number of ether oxygens (including phenoxy) is 1. The zero-order valence-electron chi connectivity index (χ0n) is 14.7. The van der Waals surface area contributed by atoms with E-state index in [0.29, 0.717) is 0 Å². The van der Waals surface area contributed by atoms with E-state index in [1.54, 1.807) is 6.21 Å². The highest BCUT2D eigenvalue weighted by atomic mass is 16.5. The van der Waals surface area contributed by atoms with Gasteiger partial charge in [-0.05, 0) is 55.0 Å². The second-order valence-electron chi connectivity index (χ2n) is 5.83. The van der Waals surface area contributed by atoms with Crippen LogP contribution in [0.15, 0.2) is 41.5 Å². The SMILES string of the molecule is CCc1ccc(/C=N/NC(=O)COc2c(C)ccc(C)c2C)cc1. The second-order valence-corrected chi connectivity index (χ2v) is 5.83. The summed E-state index contributed by atoms with van der Waals surface area (Å²) in [6.07, 6.45) is 2.63. The van der Waals surface area contributed by atoms with Gasteiger partial charge in [-0.25, -0.2) is 5.43 Å². The Kier molecular flexibility index (Phi) is 6.13. The maximum absolute atomic E-state index is 11.9. The lowest BCUT2D eigenvalue weighted by Crippen LogP contribution is -2.25. The molecule has 0 aliphatic carbocycles. The number of hydrogen-bond donors (Lipinski definition) is 1. The van der Waals surface area contributed by atoms with Crippen LogP contribution in [0.25, 0.3) is 0 Å². The summed E-state index contributed by atoms with van der Waals surface area (Å²) in [5, 5.41) is 3.97. The molecule has 24 heavy (non-hydrogen) atoms. The van der Waals surface area contributed by atoms with E-state index in [1.807, 2.05) is 45.0 Å². The fourth-order valence-corrected chi connectivity index (χ4v) is 2.34. The number of amides is 1. The Balaban J connectivity index is 1.87. The van der Waals surface area contributed by atoms with Crippen molar-refractivity contribution < 1.29 is 9.53 Å². The molecule has 0 heterocycles. The van der Waals surface area contributed by atoms with Gasteiger partial charge in [0.1, 0.15) is 5.75 Å². The molecule has 0 unspecified atom stereocenters. The van der Waals surface area contributed by atoms with Gasteiger partial charge in [0.05, 0.1) is 6.21 Å². The first kappa shape index (κ1) is 17.7. The molecule has 2 aromatic carbocycles. The van der Waals surface area contributed by atoms with Crippen LogP contribution in [0.1, 0.15) is 34.7 Å². The summed E-state index contributed by atoms with van der Waals surface area (Å²) in [5.74, 6) is 0.487. The van der Waals surface area contributed by atoms with Crippen molar-refractivity contribution >= 4 is 12.1 Å². The molecule has 0 bridgehead atoms. The molecule has 2 rings (SSSR count). The van der Waals surface area contributed by atoms with Crippen molar-refractivity contribution in [2.24, 2.45) is 5.10 Å². The largest absolute Gasteiger partial charge is 0.483 e. The van der Waals surface area contributed by atoms with Crippen LogP contribution in [-0.2, 0) is 11.2 Å². The summed E-state index contributed by atoms with van der Waals surface area (Å²) in [7, 11) is 0. The number of nitrogens with zero attached hydrogens (tertiary/aromatic N) is 1. The number of nitrogens with one attached hydrogen (secondary N) is 1. The highest BCUT2D eigenvalue weighted by molar-refractivity contribution is 5.83. The minimum Gasteiger partial charge on any atom is -0.483 e. The minimum atomic E-state index is -0.281. The fraction of sp³-hybridized carbons (Fsp3) is 0.300. The van der Waals surface area contributed by atoms with Gasteiger partial charge in [-0.2, -0.15) is 5.10 Å². The predicted molar refractivity (Wildman–Crippen MR) is 97.7 cm³/mol. The van der Waals surface area contributed by atoms with Gasteiger partial charge in [0.15, 0.2) is 6.61 Å². The molecule has 0 aliphatic heterocycles. The Morgan fingerprint density at radius 1 is 1.08 bits per heavy atom. The van der Waals surface area contributed by atoms with E-state index in [9.17, 15) is 4.79 Å². The normalized spacial score (nSPS) is 10.8. The highest BCUT2D eigenvalue weighted by Crippen LogP contribution is 2.25. The fourth-order valence-electron chi connectivity index (χ4n) is 2.34. The van der Waals surface area contributed by atoms with Gasteiger partial charge in [0.25, 0.3) is 5.91 Å². The van der Waals surface area contributed by atoms with Crippen LogP contribution in [0, 0.1) is 20.8 Å². The lowest BCUT2D eigenvalue weighted by molar-refractivity contribution is -0.123. The van der Waals surface area contributed by atoms with Gasteiger partial charge in [-0.1, -0.05) is 43.3 Å². The van der Waals surface area contributed by atoms with E-state index >= 15 is 0 Å². The average Bonchev–Trinajstić information content (AvgIpc) is 2.59. The molecule has 1 amide bonds. The topological polar surface area (TPSA) is 50.7 Å². The number of hydrogen-bond acceptors (Lipinski definition) is 3. The average molecular weight is 324 g/mol. The summed E-state index contributed by atoms with van der Waals surface area (Å²) < 4.78 is 5.66. The Morgan fingerprint density at radius 2 is 1.75 bits per heavy atom. The van der Waals surface area contributed by atoms with Crippen LogP contribution >= 0.6 is 0 Å². The second kappa shape index (κ2) is 8.29. The smallest absolute Gasteiger partial charge is 0.277 e. The minimum absolute atomic E-state index is 0.0583. The maximum atomic E-state index is 11.9. The third-order valence-corrected chi connectivity index (χ3v) is 4.01. The van der Waals surface area contributed by atoms with Gasteiger partial charge >= 0.3 is 0 Å². The molecule has 126 valence electrons. The molecular weight excluding hydrogens is 300 g/mol. The molecule has 0 aliphatic rings. The number of carbonyl (C=O) groups excluding carboxylic acids is 1. The first-order valence-electron chi connectivity index (χ1n) is 8.11. The number of aryl methyl sites for hydroxylation is 3. The molecule has 0 spiro atoms. The van der Waals surface area contributed by atoms with E-state index in [-0.39, 0.29) is 12.5 Å². The van der Waals surface area contributed by atoms with E-state index in [4.69, 9.17) is 4.74 Å². The van der Waals surface area contributed by atoms with Crippen LogP contribution in [0.2, 0.25) is 0 Å². The first-order chi connectivity index (χ1) is 11.5.